The van der Waals surface area contributed by atoms with Crippen LogP contribution in [0.5, 0.6) is 0 Å². The van der Waals surface area contributed by atoms with Gasteiger partial charge in [0.1, 0.15) is 26.3 Å². The summed E-state index contributed by atoms with van der Waals surface area (Å²) in [7, 11) is 2.38. The van der Waals surface area contributed by atoms with Crippen LogP contribution in [0.2, 0.25) is 0 Å². The molecule has 0 atom stereocenters. The van der Waals surface area contributed by atoms with Gasteiger partial charge in [-0.15, -0.1) is 0 Å². The Morgan fingerprint density at radius 1 is 0.789 bits per heavy atom. The van der Waals surface area contributed by atoms with Crippen LogP contribution < -0.4 is 10.6 Å². The van der Waals surface area contributed by atoms with Crippen LogP contribution in [0.3, 0.4) is 0 Å². The molecule has 0 heterocycles. The Hall–Kier alpha value is -2.16. The first-order valence-corrected chi connectivity index (χ1v) is 5.24. The summed E-state index contributed by atoms with van der Waals surface area (Å²) in [5, 5.41) is 4.44. The Labute approximate surface area is 109 Å². The normalized spacial score (nSPS) is 9.37. The maximum absolute atomic E-state index is 11.1. The number of carbonyl (C=O) groups is 4. The molecule has 0 aromatic rings. The monoisotopic (exact) mass is 276 g/mol. The summed E-state index contributed by atoms with van der Waals surface area (Å²) in [4.78, 5) is 43.6. The third-order valence-electron chi connectivity index (χ3n) is 1.78. The number of ether oxygens (including phenoxy) is 3. The lowest BCUT2D eigenvalue weighted by Crippen LogP contribution is -2.36. The van der Waals surface area contributed by atoms with E-state index in [4.69, 9.17) is 4.74 Å². The van der Waals surface area contributed by atoms with Crippen molar-refractivity contribution in [2.45, 2.75) is 0 Å². The van der Waals surface area contributed by atoms with E-state index in [1.165, 1.54) is 14.2 Å². The molecular weight excluding hydrogens is 260 g/mol. The molecule has 0 unspecified atom stereocenters. The van der Waals surface area contributed by atoms with Gasteiger partial charge in [0.25, 0.3) is 0 Å². The maximum Gasteiger partial charge on any atom is 0.325 e. The summed E-state index contributed by atoms with van der Waals surface area (Å²) in [5.74, 6) is -2.31. The number of methoxy groups -OCH3 is 2. The second-order valence-corrected chi connectivity index (χ2v) is 3.20. The minimum absolute atomic E-state index is 0.271. The third-order valence-corrected chi connectivity index (χ3v) is 1.78. The fourth-order valence-electron chi connectivity index (χ4n) is 0.824. The van der Waals surface area contributed by atoms with Gasteiger partial charge < -0.3 is 24.8 Å². The van der Waals surface area contributed by atoms with Gasteiger partial charge in [-0.3, -0.25) is 19.2 Å². The van der Waals surface area contributed by atoms with Gasteiger partial charge >= 0.3 is 11.9 Å². The van der Waals surface area contributed by atoms with E-state index in [-0.39, 0.29) is 26.3 Å². The highest BCUT2D eigenvalue weighted by atomic mass is 16.5. The van der Waals surface area contributed by atoms with Crippen LogP contribution >= 0.6 is 0 Å². The Morgan fingerprint density at radius 3 is 1.47 bits per heavy atom. The zero-order valence-corrected chi connectivity index (χ0v) is 10.7. The molecule has 0 saturated carbocycles. The second-order valence-electron chi connectivity index (χ2n) is 3.20. The number of hydrogen-bond acceptors (Lipinski definition) is 7. The number of rotatable bonds is 8. The molecule has 0 fully saturated rings. The molecule has 2 amide bonds. The summed E-state index contributed by atoms with van der Waals surface area (Å²) in [6.45, 7) is -1.31. The largest absolute Gasteiger partial charge is 0.468 e. The summed E-state index contributed by atoms with van der Waals surface area (Å²) in [6.07, 6.45) is 0. The Bertz CT molecular complexity index is 311. The van der Waals surface area contributed by atoms with Crippen molar-refractivity contribution in [1.82, 2.24) is 10.6 Å². The molecular formula is C10H16N2O7. The van der Waals surface area contributed by atoms with E-state index in [1.807, 2.05) is 0 Å². The average Bonchev–Trinajstić information content (AvgIpc) is 2.41. The lowest BCUT2D eigenvalue weighted by atomic mass is 10.5. The van der Waals surface area contributed by atoms with E-state index in [2.05, 4.69) is 20.1 Å². The lowest BCUT2D eigenvalue weighted by molar-refractivity contribution is -0.142. The highest BCUT2D eigenvalue weighted by Gasteiger charge is 2.08. The number of nitrogens with one attached hydrogen (secondary N) is 2. The van der Waals surface area contributed by atoms with Crippen molar-refractivity contribution in [3.05, 3.63) is 0 Å². The number of amides is 2. The SMILES string of the molecule is COC(=O)CNC(=O)COCC(=O)NCC(=O)OC. The fraction of sp³-hybridized carbons (Fsp3) is 0.600. The molecule has 0 aliphatic carbocycles. The molecule has 19 heavy (non-hydrogen) atoms. The molecule has 9 heteroatoms. The van der Waals surface area contributed by atoms with Crippen LogP contribution in [0.4, 0.5) is 0 Å². The van der Waals surface area contributed by atoms with Crippen molar-refractivity contribution in [3.63, 3.8) is 0 Å². The van der Waals surface area contributed by atoms with Gasteiger partial charge in [-0.25, -0.2) is 0 Å². The van der Waals surface area contributed by atoms with E-state index >= 15 is 0 Å². The molecule has 0 aromatic heterocycles. The molecule has 2 N–H and O–H groups in total. The van der Waals surface area contributed by atoms with E-state index in [0.29, 0.717) is 0 Å². The molecule has 0 saturated heterocycles. The topological polar surface area (TPSA) is 120 Å². The maximum atomic E-state index is 11.1. The zero-order valence-electron chi connectivity index (χ0n) is 10.7. The van der Waals surface area contributed by atoms with Crippen LogP contribution in [-0.2, 0) is 33.4 Å². The third kappa shape index (κ3) is 9.53. The van der Waals surface area contributed by atoms with Gasteiger partial charge in [-0.2, -0.15) is 0 Å². The molecule has 0 bridgehead atoms. The van der Waals surface area contributed by atoms with Crippen molar-refractivity contribution in [3.8, 4) is 0 Å². The second kappa shape index (κ2) is 9.83. The molecule has 0 aliphatic heterocycles. The molecule has 0 aromatic carbocycles. The minimum Gasteiger partial charge on any atom is -0.468 e. The standard InChI is InChI=1S/C10H16N2O7/c1-17-9(15)3-11-7(13)5-19-6-8(14)12-4-10(16)18-2/h3-6H2,1-2H3,(H,11,13)(H,12,14). The van der Waals surface area contributed by atoms with Crippen LogP contribution in [0.15, 0.2) is 0 Å². The van der Waals surface area contributed by atoms with Crippen molar-refractivity contribution < 1.29 is 33.4 Å². The van der Waals surface area contributed by atoms with E-state index < -0.39 is 23.8 Å². The van der Waals surface area contributed by atoms with Crippen molar-refractivity contribution in [2.75, 3.05) is 40.5 Å². The summed E-state index contributed by atoms with van der Waals surface area (Å²) < 4.78 is 13.4. The summed E-state index contributed by atoms with van der Waals surface area (Å²) in [5.41, 5.74) is 0. The van der Waals surface area contributed by atoms with Gasteiger partial charge in [-0.05, 0) is 0 Å². The first-order chi connectivity index (χ1) is 8.99. The predicted molar refractivity (Wildman–Crippen MR) is 60.9 cm³/mol. The molecule has 9 nitrogen and oxygen atoms in total. The Balaban J connectivity index is 3.61. The molecule has 108 valence electrons. The predicted octanol–water partition coefficient (Wildman–Crippen LogP) is -2.42. The van der Waals surface area contributed by atoms with Gasteiger partial charge in [0.2, 0.25) is 11.8 Å². The van der Waals surface area contributed by atoms with Gasteiger partial charge in [-0.1, -0.05) is 0 Å². The van der Waals surface area contributed by atoms with Gasteiger partial charge in [0, 0.05) is 0 Å². The van der Waals surface area contributed by atoms with Crippen LogP contribution in [0.25, 0.3) is 0 Å². The van der Waals surface area contributed by atoms with E-state index in [1.54, 1.807) is 0 Å². The van der Waals surface area contributed by atoms with Crippen LogP contribution in [0.1, 0.15) is 0 Å². The number of hydrogen-bond donors (Lipinski definition) is 2. The van der Waals surface area contributed by atoms with Crippen molar-refractivity contribution in [2.24, 2.45) is 0 Å². The lowest BCUT2D eigenvalue weighted by Gasteiger charge is -2.06. The van der Waals surface area contributed by atoms with E-state index in [0.717, 1.165) is 0 Å². The zero-order chi connectivity index (χ0) is 14.7. The summed E-state index contributed by atoms with van der Waals surface area (Å²) in [6, 6.07) is 0. The fourth-order valence-corrected chi connectivity index (χ4v) is 0.824. The van der Waals surface area contributed by atoms with Crippen molar-refractivity contribution >= 4 is 23.8 Å². The molecule has 0 spiro atoms. The first-order valence-electron chi connectivity index (χ1n) is 5.24. The quantitative estimate of drug-likeness (QED) is 0.473. The van der Waals surface area contributed by atoms with Crippen LogP contribution in [-0.4, -0.2) is 64.3 Å². The average molecular weight is 276 g/mol. The number of esters is 2. The minimum atomic E-state index is -0.593. The molecule has 0 radical (unpaired) electrons. The van der Waals surface area contributed by atoms with Gasteiger partial charge in [0.15, 0.2) is 0 Å². The van der Waals surface area contributed by atoms with Gasteiger partial charge in [0.05, 0.1) is 14.2 Å². The summed E-state index contributed by atoms with van der Waals surface area (Å²) >= 11 is 0. The Kier molecular flexibility index (Phi) is 8.71. The van der Waals surface area contributed by atoms with E-state index in [9.17, 15) is 19.2 Å². The first kappa shape index (κ1) is 16.8. The highest BCUT2D eigenvalue weighted by molar-refractivity contribution is 5.84. The van der Waals surface area contributed by atoms with Crippen molar-refractivity contribution in [1.29, 1.82) is 0 Å². The Morgan fingerprint density at radius 2 is 1.16 bits per heavy atom. The molecule has 0 aliphatic rings. The smallest absolute Gasteiger partial charge is 0.325 e. The van der Waals surface area contributed by atoms with Crippen LogP contribution in [0, 0.1) is 0 Å². The highest BCUT2D eigenvalue weighted by Crippen LogP contribution is 1.78. The number of carbonyl (C=O) groups excluding carboxylic acids is 4. The molecule has 0 rings (SSSR count).